The van der Waals surface area contributed by atoms with Gasteiger partial charge in [-0.15, -0.1) is 0 Å². The Morgan fingerprint density at radius 2 is 1.95 bits per heavy atom. The molecular formula is C17H14BrNO2. The van der Waals surface area contributed by atoms with Crippen molar-refractivity contribution in [2.75, 3.05) is 6.54 Å². The van der Waals surface area contributed by atoms with Crippen LogP contribution in [0.3, 0.4) is 0 Å². The summed E-state index contributed by atoms with van der Waals surface area (Å²) in [4.78, 5) is 11.5. The van der Waals surface area contributed by atoms with Crippen LogP contribution in [-0.4, -0.2) is 12.6 Å². The van der Waals surface area contributed by atoms with Gasteiger partial charge in [-0.05, 0) is 23.8 Å². The monoisotopic (exact) mass is 343 g/mol. The van der Waals surface area contributed by atoms with E-state index in [1.807, 2.05) is 54.6 Å². The molecule has 3 nitrogen and oxygen atoms in total. The normalized spacial score (nSPS) is 9.38. The van der Waals surface area contributed by atoms with Gasteiger partial charge >= 0.3 is 6.09 Å². The summed E-state index contributed by atoms with van der Waals surface area (Å²) in [5, 5.41) is 2.59. The summed E-state index contributed by atoms with van der Waals surface area (Å²) < 4.78 is 6.05. The molecule has 0 radical (unpaired) electrons. The quantitative estimate of drug-likeness (QED) is 0.862. The van der Waals surface area contributed by atoms with Crippen LogP contribution in [0, 0.1) is 11.8 Å². The molecule has 0 spiro atoms. The molecule has 0 saturated carbocycles. The first-order chi connectivity index (χ1) is 10.2. The maximum atomic E-state index is 11.5. The Balaban J connectivity index is 1.72. The molecule has 0 heterocycles. The first kappa shape index (κ1) is 15.1. The first-order valence-corrected chi connectivity index (χ1v) is 7.22. The minimum absolute atomic E-state index is 0.250. The molecule has 2 aromatic rings. The maximum Gasteiger partial charge on any atom is 0.408 e. The molecule has 2 aromatic carbocycles. The maximum absolute atomic E-state index is 11.5. The zero-order valence-corrected chi connectivity index (χ0v) is 12.9. The van der Waals surface area contributed by atoms with Gasteiger partial charge in [0.15, 0.2) is 0 Å². The van der Waals surface area contributed by atoms with Gasteiger partial charge in [0.25, 0.3) is 0 Å². The van der Waals surface area contributed by atoms with Crippen molar-refractivity contribution in [2.45, 2.75) is 6.61 Å². The van der Waals surface area contributed by atoms with Crippen molar-refractivity contribution in [3.63, 3.8) is 0 Å². The second-order valence-corrected chi connectivity index (χ2v) is 5.14. The number of amides is 1. The molecule has 0 aliphatic heterocycles. The van der Waals surface area contributed by atoms with E-state index in [2.05, 4.69) is 33.1 Å². The second-order valence-electron chi connectivity index (χ2n) is 4.23. The Hall–Kier alpha value is -2.25. The molecule has 1 amide bonds. The van der Waals surface area contributed by atoms with Gasteiger partial charge in [-0.25, -0.2) is 4.79 Å². The number of rotatable bonds is 3. The van der Waals surface area contributed by atoms with Crippen LogP contribution in [0.2, 0.25) is 0 Å². The SMILES string of the molecule is O=C(NCC#Cc1cccc(Br)c1)OCc1ccccc1. The summed E-state index contributed by atoms with van der Waals surface area (Å²) in [6, 6.07) is 17.2. The van der Waals surface area contributed by atoms with Crippen molar-refractivity contribution in [3.8, 4) is 11.8 Å². The Morgan fingerprint density at radius 1 is 1.14 bits per heavy atom. The van der Waals surface area contributed by atoms with Crippen LogP contribution in [0.1, 0.15) is 11.1 Å². The Bertz CT molecular complexity index is 659. The molecule has 4 heteroatoms. The number of halogens is 1. The van der Waals surface area contributed by atoms with Gasteiger partial charge < -0.3 is 10.1 Å². The fraction of sp³-hybridized carbons (Fsp3) is 0.118. The van der Waals surface area contributed by atoms with Crippen LogP contribution in [0.15, 0.2) is 59.1 Å². The van der Waals surface area contributed by atoms with E-state index in [4.69, 9.17) is 4.74 Å². The van der Waals surface area contributed by atoms with Gasteiger partial charge in [0.2, 0.25) is 0 Å². The topological polar surface area (TPSA) is 38.3 Å². The van der Waals surface area contributed by atoms with E-state index in [1.54, 1.807) is 0 Å². The van der Waals surface area contributed by atoms with Crippen molar-refractivity contribution in [1.82, 2.24) is 5.32 Å². The van der Waals surface area contributed by atoms with Crippen molar-refractivity contribution < 1.29 is 9.53 Å². The fourth-order valence-electron chi connectivity index (χ4n) is 1.60. The molecule has 21 heavy (non-hydrogen) atoms. The predicted molar refractivity (Wildman–Crippen MR) is 85.6 cm³/mol. The molecule has 106 valence electrons. The van der Waals surface area contributed by atoms with E-state index in [-0.39, 0.29) is 13.2 Å². The van der Waals surface area contributed by atoms with Crippen molar-refractivity contribution in [2.24, 2.45) is 0 Å². The lowest BCUT2D eigenvalue weighted by Crippen LogP contribution is -2.24. The highest BCUT2D eigenvalue weighted by Gasteiger charge is 2.00. The Labute approximate surface area is 132 Å². The van der Waals surface area contributed by atoms with E-state index in [0.717, 1.165) is 15.6 Å². The average molecular weight is 344 g/mol. The molecule has 0 atom stereocenters. The van der Waals surface area contributed by atoms with Crippen LogP contribution >= 0.6 is 15.9 Å². The highest BCUT2D eigenvalue weighted by atomic mass is 79.9. The predicted octanol–water partition coefficient (Wildman–Crippen LogP) is 3.73. The lowest BCUT2D eigenvalue weighted by molar-refractivity contribution is 0.141. The molecule has 2 rings (SSSR count). The zero-order valence-electron chi connectivity index (χ0n) is 11.3. The van der Waals surface area contributed by atoms with Gasteiger partial charge in [0.05, 0.1) is 6.54 Å². The Morgan fingerprint density at radius 3 is 2.71 bits per heavy atom. The molecule has 0 unspecified atom stereocenters. The van der Waals surface area contributed by atoms with Crippen LogP contribution in [0.25, 0.3) is 0 Å². The van der Waals surface area contributed by atoms with Gasteiger partial charge in [-0.3, -0.25) is 0 Å². The summed E-state index contributed by atoms with van der Waals surface area (Å²) in [7, 11) is 0. The lowest BCUT2D eigenvalue weighted by atomic mass is 10.2. The zero-order chi connectivity index (χ0) is 14.9. The van der Waals surface area contributed by atoms with E-state index in [0.29, 0.717) is 0 Å². The summed E-state index contributed by atoms with van der Waals surface area (Å²) in [5.41, 5.74) is 1.84. The summed E-state index contributed by atoms with van der Waals surface area (Å²) in [6.45, 7) is 0.506. The molecule has 0 fully saturated rings. The third-order valence-corrected chi connectivity index (χ3v) is 3.08. The number of carbonyl (C=O) groups excluding carboxylic acids is 1. The van der Waals surface area contributed by atoms with Crippen LogP contribution < -0.4 is 5.32 Å². The van der Waals surface area contributed by atoms with Crippen LogP contribution in [-0.2, 0) is 11.3 Å². The van der Waals surface area contributed by atoms with Gasteiger partial charge in [-0.2, -0.15) is 0 Å². The summed E-state index contributed by atoms with van der Waals surface area (Å²) >= 11 is 3.38. The second kappa shape index (κ2) is 8.13. The van der Waals surface area contributed by atoms with Gasteiger partial charge in [0.1, 0.15) is 6.61 Å². The van der Waals surface area contributed by atoms with Crippen LogP contribution in [0.5, 0.6) is 0 Å². The van der Waals surface area contributed by atoms with Gasteiger partial charge in [0, 0.05) is 10.0 Å². The number of nitrogens with one attached hydrogen (secondary N) is 1. The summed E-state index contributed by atoms with van der Waals surface area (Å²) in [5.74, 6) is 5.84. The van der Waals surface area contributed by atoms with Crippen LogP contribution in [0.4, 0.5) is 4.79 Å². The molecule has 0 aliphatic rings. The standard InChI is InChI=1S/C17H14BrNO2/c18-16-10-4-8-14(12-16)9-5-11-19-17(20)21-13-15-6-2-1-3-7-15/h1-4,6-8,10,12H,11,13H2,(H,19,20). The average Bonchev–Trinajstić information content (AvgIpc) is 2.51. The highest BCUT2D eigenvalue weighted by molar-refractivity contribution is 9.10. The van der Waals surface area contributed by atoms with E-state index in [9.17, 15) is 4.79 Å². The van der Waals surface area contributed by atoms with E-state index in [1.165, 1.54) is 0 Å². The number of benzene rings is 2. The van der Waals surface area contributed by atoms with Crippen molar-refractivity contribution in [1.29, 1.82) is 0 Å². The number of ether oxygens (including phenoxy) is 1. The third-order valence-electron chi connectivity index (χ3n) is 2.59. The minimum Gasteiger partial charge on any atom is -0.445 e. The smallest absolute Gasteiger partial charge is 0.408 e. The highest BCUT2D eigenvalue weighted by Crippen LogP contribution is 2.10. The van der Waals surface area contributed by atoms with Gasteiger partial charge in [-0.1, -0.05) is 64.2 Å². The van der Waals surface area contributed by atoms with Crippen molar-refractivity contribution >= 4 is 22.0 Å². The minimum atomic E-state index is -0.470. The molecule has 0 saturated heterocycles. The number of carbonyl (C=O) groups is 1. The fourth-order valence-corrected chi connectivity index (χ4v) is 2.00. The lowest BCUT2D eigenvalue weighted by Gasteiger charge is -2.04. The Kier molecular flexibility index (Phi) is 5.86. The molecule has 0 bridgehead atoms. The number of hydrogen-bond acceptors (Lipinski definition) is 2. The largest absolute Gasteiger partial charge is 0.445 e. The molecular weight excluding hydrogens is 330 g/mol. The van der Waals surface area contributed by atoms with E-state index < -0.39 is 6.09 Å². The third kappa shape index (κ3) is 5.72. The molecule has 0 aliphatic carbocycles. The molecule has 1 N–H and O–H groups in total. The van der Waals surface area contributed by atoms with Crippen molar-refractivity contribution in [3.05, 3.63) is 70.2 Å². The summed E-state index contributed by atoms with van der Waals surface area (Å²) in [6.07, 6.45) is -0.470. The number of alkyl carbamates (subject to hydrolysis) is 1. The molecule has 0 aromatic heterocycles. The van der Waals surface area contributed by atoms with E-state index >= 15 is 0 Å². The number of hydrogen-bond donors (Lipinski definition) is 1. The first-order valence-electron chi connectivity index (χ1n) is 6.43.